The number of carbonyl (C=O) groups is 1. The van der Waals surface area contributed by atoms with Crippen molar-refractivity contribution in [3.63, 3.8) is 0 Å². The zero-order valence-corrected chi connectivity index (χ0v) is 15.0. The standard InChI is InChI=1S/C18H18Cl2N2O3/c19-13-9-14(20)11-17(10-13)25-12-18(24)22-7-5-21(6-8-22)15-1-3-16(23)4-2-15/h1-4,9-11,23H,5-8,12H2. The number of carbonyl (C=O) groups excluding carboxylic acids is 1. The zero-order valence-electron chi connectivity index (χ0n) is 13.5. The first-order valence-electron chi connectivity index (χ1n) is 7.92. The number of benzene rings is 2. The van der Waals surface area contributed by atoms with Gasteiger partial charge in [0, 0.05) is 41.9 Å². The molecule has 5 nitrogen and oxygen atoms in total. The smallest absolute Gasteiger partial charge is 0.260 e. The summed E-state index contributed by atoms with van der Waals surface area (Å²) in [4.78, 5) is 16.3. The lowest BCUT2D eigenvalue weighted by molar-refractivity contribution is -0.133. The molecule has 0 radical (unpaired) electrons. The molecule has 7 heteroatoms. The molecule has 3 rings (SSSR count). The summed E-state index contributed by atoms with van der Waals surface area (Å²) in [6.07, 6.45) is 0. The van der Waals surface area contributed by atoms with Gasteiger partial charge in [-0.15, -0.1) is 0 Å². The van der Waals surface area contributed by atoms with Gasteiger partial charge >= 0.3 is 0 Å². The van der Waals surface area contributed by atoms with Crippen molar-refractivity contribution in [3.8, 4) is 11.5 Å². The number of hydrogen-bond donors (Lipinski definition) is 1. The summed E-state index contributed by atoms with van der Waals surface area (Å²) < 4.78 is 5.51. The summed E-state index contributed by atoms with van der Waals surface area (Å²) in [5, 5.41) is 10.3. The van der Waals surface area contributed by atoms with E-state index in [1.165, 1.54) is 0 Å². The fourth-order valence-corrected chi connectivity index (χ4v) is 3.23. The topological polar surface area (TPSA) is 53.0 Å². The Morgan fingerprint density at radius 2 is 1.60 bits per heavy atom. The molecule has 0 spiro atoms. The molecular formula is C18H18Cl2N2O3. The van der Waals surface area contributed by atoms with Gasteiger partial charge in [-0.2, -0.15) is 0 Å². The van der Waals surface area contributed by atoms with Crippen LogP contribution in [0.25, 0.3) is 0 Å². The number of nitrogens with zero attached hydrogens (tertiary/aromatic N) is 2. The number of anilines is 1. The highest BCUT2D eigenvalue weighted by atomic mass is 35.5. The van der Waals surface area contributed by atoms with Crippen molar-refractivity contribution >= 4 is 34.8 Å². The van der Waals surface area contributed by atoms with Crippen LogP contribution < -0.4 is 9.64 Å². The first-order chi connectivity index (χ1) is 12.0. The van der Waals surface area contributed by atoms with Gasteiger partial charge in [0.05, 0.1) is 0 Å². The van der Waals surface area contributed by atoms with E-state index < -0.39 is 0 Å². The molecule has 0 atom stereocenters. The number of halogens is 2. The largest absolute Gasteiger partial charge is 0.508 e. The Kier molecular flexibility index (Phi) is 5.56. The van der Waals surface area contributed by atoms with E-state index in [1.807, 2.05) is 12.1 Å². The average molecular weight is 381 g/mol. The van der Waals surface area contributed by atoms with Gasteiger partial charge in [-0.05, 0) is 42.5 Å². The summed E-state index contributed by atoms with van der Waals surface area (Å²) in [6, 6.07) is 11.9. The molecule has 0 aliphatic carbocycles. The molecule has 2 aromatic carbocycles. The van der Waals surface area contributed by atoms with E-state index in [-0.39, 0.29) is 18.3 Å². The van der Waals surface area contributed by atoms with Gasteiger partial charge in [0.2, 0.25) is 0 Å². The van der Waals surface area contributed by atoms with Crippen molar-refractivity contribution in [2.24, 2.45) is 0 Å². The Morgan fingerprint density at radius 3 is 2.20 bits per heavy atom. The predicted octanol–water partition coefficient (Wildman–Crippen LogP) is 3.43. The molecule has 1 aliphatic rings. The van der Waals surface area contributed by atoms with E-state index >= 15 is 0 Å². The Morgan fingerprint density at radius 1 is 1.00 bits per heavy atom. The third-order valence-corrected chi connectivity index (χ3v) is 4.48. The van der Waals surface area contributed by atoms with Crippen LogP contribution in [0.15, 0.2) is 42.5 Å². The van der Waals surface area contributed by atoms with E-state index in [0.29, 0.717) is 28.9 Å². The van der Waals surface area contributed by atoms with Crippen LogP contribution in [0.5, 0.6) is 11.5 Å². The number of amides is 1. The molecule has 2 aromatic rings. The zero-order chi connectivity index (χ0) is 17.8. The normalized spacial score (nSPS) is 14.5. The lowest BCUT2D eigenvalue weighted by atomic mass is 10.2. The quantitative estimate of drug-likeness (QED) is 0.882. The lowest BCUT2D eigenvalue weighted by Gasteiger charge is -2.36. The van der Waals surface area contributed by atoms with Crippen molar-refractivity contribution in [2.75, 3.05) is 37.7 Å². The number of phenolic OH excluding ortho intramolecular Hbond substituents is 1. The Labute approximate surface area is 156 Å². The van der Waals surface area contributed by atoms with Crippen LogP contribution >= 0.6 is 23.2 Å². The van der Waals surface area contributed by atoms with Gasteiger partial charge in [-0.1, -0.05) is 23.2 Å². The van der Waals surface area contributed by atoms with Crippen LogP contribution in [0.3, 0.4) is 0 Å². The predicted molar refractivity (Wildman–Crippen MR) is 98.9 cm³/mol. The number of phenols is 1. The average Bonchev–Trinajstić information content (AvgIpc) is 2.60. The highest BCUT2D eigenvalue weighted by molar-refractivity contribution is 6.34. The third-order valence-electron chi connectivity index (χ3n) is 4.05. The van der Waals surface area contributed by atoms with Crippen LogP contribution in [0.4, 0.5) is 5.69 Å². The monoisotopic (exact) mass is 380 g/mol. The third kappa shape index (κ3) is 4.71. The molecule has 0 saturated carbocycles. The molecule has 1 amide bonds. The summed E-state index contributed by atoms with van der Waals surface area (Å²) >= 11 is 11.8. The van der Waals surface area contributed by atoms with Gasteiger partial charge < -0.3 is 19.6 Å². The molecule has 1 saturated heterocycles. The molecule has 25 heavy (non-hydrogen) atoms. The Balaban J connectivity index is 1.50. The Hall–Kier alpha value is -2.11. The summed E-state index contributed by atoms with van der Waals surface area (Å²) in [6.45, 7) is 2.67. The minimum atomic E-state index is -0.0681. The molecule has 0 aromatic heterocycles. The van der Waals surface area contributed by atoms with Crippen LogP contribution in [0.1, 0.15) is 0 Å². The first-order valence-corrected chi connectivity index (χ1v) is 8.67. The molecule has 1 N–H and O–H groups in total. The van der Waals surface area contributed by atoms with Crippen LogP contribution in [0.2, 0.25) is 10.0 Å². The number of rotatable bonds is 4. The highest BCUT2D eigenvalue weighted by Crippen LogP contribution is 2.24. The number of hydrogen-bond acceptors (Lipinski definition) is 4. The first kappa shape index (κ1) is 17.7. The minimum absolute atomic E-state index is 0.0458. The van der Waals surface area contributed by atoms with E-state index in [2.05, 4.69) is 4.90 Å². The fraction of sp³-hybridized carbons (Fsp3) is 0.278. The second kappa shape index (κ2) is 7.85. The van der Waals surface area contributed by atoms with Crippen molar-refractivity contribution in [1.82, 2.24) is 4.90 Å². The van der Waals surface area contributed by atoms with E-state index in [1.54, 1.807) is 35.2 Å². The molecule has 0 unspecified atom stereocenters. The van der Waals surface area contributed by atoms with Gasteiger partial charge in [-0.3, -0.25) is 4.79 Å². The number of ether oxygens (including phenoxy) is 1. The van der Waals surface area contributed by atoms with Crippen molar-refractivity contribution in [2.45, 2.75) is 0 Å². The SMILES string of the molecule is O=C(COc1cc(Cl)cc(Cl)c1)N1CCN(c2ccc(O)cc2)CC1. The van der Waals surface area contributed by atoms with Crippen LogP contribution in [0, 0.1) is 0 Å². The van der Waals surface area contributed by atoms with Crippen molar-refractivity contribution in [3.05, 3.63) is 52.5 Å². The molecular weight excluding hydrogens is 363 g/mol. The molecule has 132 valence electrons. The number of piperazine rings is 1. The summed E-state index contributed by atoms with van der Waals surface area (Å²) in [5.74, 6) is 0.658. The van der Waals surface area contributed by atoms with Gasteiger partial charge in [0.1, 0.15) is 11.5 Å². The van der Waals surface area contributed by atoms with Gasteiger partial charge in [0.15, 0.2) is 6.61 Å². The van der Waals surface area contributed by atoms with E-state index in [4.69, 9.17) is 27.9 Å². The van der Waals surface area contributed by atoms with Crippen LogP contribution in [-0.2, 0) is 4.79 Å². The maximum Gasteiger partial charge on any atom is 0.260 e. The lowest BCUT2D eigenvalue weighted by Crippen LogP contribution is -2.50. The second-order valence-corrected chi connectivity index (χ2v) is 6.65. The highest BCUT2D eigenvalue weighted by Gasteiger charge is 2.21. The fourth-order valence-electron chi connectivity index (χ4n) is 2.73. The minimum Gasteiger partial charge on any atom is -0.508 e. The molecule has 1 heterocycles. The number of aromatic hydroxyl groups is 1. The summed E-state index contributed by atoms with van der Waals surface area (Å²) in [7, 11) is 0. The maximum absolute atomic E-state index is 12.3. The van der Waals surface area contributed by atoms with Crippen molar-refractivity contribution < 1.29 is 14.6 Å². The Bertz CT molecular complexity index is 724. The van der Waals surface area contributed by atoms with Crippen LogP contribution in [-0.4, -0.2) is 48.7 Å². The molecule has 0 bridgehead atoms. The summed E-state index contributed by atoms with van der Waals surface area (Å²) in [5.41, 5.74) is 1.04. The second-order valence-electron chi connectivity index (χ2n) is 5.78. The van der Waals surface area contributed by atoms with E-state index in [0.717, 1.165) is 18.8 Å². The maximum atomic E-state index is 12.3. The van der Waals surface area contributed by atoms with Crippen molar-refractivity contribution in [1.29, 1.82) is 0 Å². The van der Waals surface area contributed by atoms with Gasteiger partial charge in [0.25, 0.3) is 5.91 Å². The van der Waals surface area contributed by atoms with Gasteiger partial charge in [-0.25, -0.2) is 0 Å². The van der Waals surface area contributed by atoms with E-state index in [9.17, 15) is 9.90 Å². The molecule has 1 aliphatic heterocycles. The molecule has 1 fully saturated rings.